The molecule has 2 atom stereocenters. The van der Waals surface area contributed by atoms with E-state index in [0.717, 1.165) is 12.8 Å². The largest absolute Gasteiger partial charge is 0.480 e. The van der Waals surface area contributed by atoms with E-state index in [1.165, 1.54) is 0 Å². The molecule has 1 saturated heterocycles. The summed E-state index contributed by atoms with van der Waals surface area (Å²) >= 11 is 0. The summed E-state index contributed by atoms with van der Waals surface area (Å²) in [5.74, 6) is 1.69. The van der Waals surface area contributed by atoms with E-state index in [1.54, 1.807) is 0 Å². The van der Waals surface area contributed by atoms with E-state index in [1.807, 2.05) is 18.7 Å². The number of carbonyl (C=O) groups is 1. The lowest BCUT2D eigenvalue weighted by atomic mass is 9.98. The SMILES string of the molecule is C#CCN(CC(=O)O)C1CC(C)OC(C)C1. The summed E-state index contributed by atoms with van der Waals surface area (Å²) in [6.45, 7) is 4.42. The monoisotopic (exact) mass is 225 g/mol. The maximum atomic E-state index is 10.7. The fourth-order valence-electron chi connectivity index (χ4n) is 2.27. The molecule has 0 saturated carbocycles. The van der Waals surface area contributed by atoms with Crippen molar-refractivity contribution in [1.82, 2.24) is 4.90 Å². The predicted molar refractivity (Wildman–Crippen MR) is 61.1 cm³/mol. The van der Waals surface area contributed by atoms with E-state index in [-0.39, 0.29) is 24.8 Å². The molecule has 0 radical (unpaired) electrons. The number of ether oxygens (including phenoxy) is 1. The van der Waals surface area contributed by atoms with Crippen LogP contribution in [0.25, 0.3) is 0 Å². The molecule has 0 bridgehead atoms. The van der Waals surface area contributed by atoms with Gasteiger partial charge in [-0.2, -0.15) is 0 Å². The highest BCUT2D eigenvalue weighted by molar-refractivity contribution is 5.69. The molecule has 0 aromatic rings. The minimum atomic E-state index is -0.831. The summed E-state index contributed by atoms with van der Waals surface area (Å²) in [4.78, 5) is 12.6. The Kier molecular flexibility index (Phi) is 4.78. The van der Waals surface area contributed by atoms with E-state index in [0.29, 0.717) is 6.54 Å². The second-order valence-corrected chi connectivity index (χ2v) is 4.39. The van der Waals surface area contributed by atoms with Gasteiger partial charge in [0.05, 0.1) is 25.3 Å². The minimum Gasteiger partial charge on any atom is -0.480 e. The smallest absolute Gasteiger partial charge is 0.317 e. The number of terminal acetylenes is 1. The normalized spacial score (nSPS) is 30.0. The quantitative estimate of drug-likeness (QED) is 0.724. The Morgan fingerprint density at radius 3 is 2.50 bits per heavy atom. The van der Waals surface area contributed by atoms with Crippen LogP contribution in [0.5, 0.6) is 0 Å². The number of rotatable bonds is 4. The second kappa shape index (κ2) is 5.88. The minimum absolute atomic E-state index is 0.00824. The van der Waals surface area contributed by atoms with Crippen LogP contribution in [0.3, 0.4) is 0 Å². The Morgan fingerprint density at radius 1 is 1.50 bits per heavy atom. The average Bonchev–Trinajstić information content (AvgIpc) is 2.14. The molecule has 1 aliphatic rings. The van der Waals surface area contributed by atoms with Gasteiger partial charge in [-0.25, -0.2) is 0 Å². The number of carboxylic acid groups (broad SMARTS) is 1. The van der Waals surface area contributed by atoms with Crippen LogP contribution in [0.4, 0.5) is 0 Å². The zero-order valence-electron chi connectivity index (χ0n) is 9.85. The van der Waals surface area contributed by atoms with Crippen LogP contribution >= 0.6 is 0 Å². The van der Waals surface area contributed by atoms with Crippen LogP contribution in [-0.2, 0) is 9.53 Å². The van der Waals surface area contributed by atoms with Gasteiger partial charge in [0, 0.05) is 6.04 Å². The van der Waals surface area contributed by atoms with Crippen LogP contribution in [0.1, 0.15) is 26.7 Å². The molecule has 90 valence electrons. The highest BCUT2D eigenvalue weighted by Gasteiger charge is 2.29. The van der Waals surface area contributed by atoms with Crippen molar-refractivity contribution in [2.75, 3.05) is 13.1 Å². The molecule has 16 heavy (non-hydrogen) atoms. The van der Waals surface area contributed by atoms with Crippen LogP contribution in [0.15, 0.2) is 0 Å². The zero-order chi connectivity index (χ0) is 12.1. The van der Waals surface area contributed by atoms with Crippen molar-refractivity contribution in [1.29, 1.82) is 0 Å². The van der Waals surface area contributed by atoms with Crippen LogP contribution in [-0.4, -0.2) is 47.3 Å². The van der Waals surface area contributed by atoms with E-state index >= 15 is 0 Å². The molecule has 1 aliphatic heterocycles. The molecule has 0 aromatic heterocycles. The summed E-state index contributed by atoms with van der Waals surface area (Å²) in [6, 6.07) is 0.214. The first kappa shape index (κ1) is 13.0. The molecule has 4 nitrogen and oxygen atoms in total. The fraction of sp³-hybridized carbons (Fsp3) is 0.750. The first-order valence-corrected chi connectivity index (χ1v) is 5.57. The fourth-order valence-corrected chi connectivity index (χ4v) is 2.27. The zero-order valence-corrected chi connectivity index (χ0v) is 9.85. The molecule has 1 rings (SSSR count). The van der Waals surface area contributed by atoms with Crippen molar-refractivity contribution in [2.24, 2.45) is 0 Å². The first-order chi connectivity index (χ1) is 7.52. The maximum Gasteiger partial charge on any atom is 0.317 e. The molecule has 0 aliphatic carbocycles. The molecule has 1 heterocycles. The first-order valence-electron chi connectivity index (χ1n) is 5.57. The summed E-state index contributed by atoms with van der Waals surface area (Å²) in [6.07, 6.45) is 7.30. The van der Waals surface area contributed by atoms with Crippen LogP contribution < -0.4 is 0 Å². The van der Waals surface area contributed by atoms with Gasteiger partial charge in [-0.05, 0) is 26.7 Å². The third-order valence-electron chi connectivity index (χ3n) is 2.82. The standard InChI is InChI=1S/C12H19NO3/c1-4-5-13(8-12(14)15)11-6-9(2)16-10(3)7-11/h1,9-11H,5-8H2,2-3H3,(H,14,15). The van der Waals surface area contributed by atoms with Gasteiger partial charge < -0.3 is 9.84 Å². The molecule has 0 amide bonds. The molecule has 1 fully saturated rings. The van der Waals surface area contributed by atoms with Crippen LogP contribution in [0.2, 0.25) is 0 Å². The van der Waals surface area contributed by atoms with E-state index in [4.69, 9.17) is 16.3 Å². The third-order valence-corrected chi connectivity index (χ3v) is 2.82. The predicted octanol–water partition coefficient (Wildman–Crippen LogP) is 0.962. The van der Waals surface area contributed by atoms with Crippen molar-refractivity contribution < 1.29 is 14.6 Å². The second-order valence-electron chi connectivity index (χ2n) is 4.39. The van der Waals surface area contributed by atoms with Crippen LogP contribution in [0, 0.1) is 12.3 Å². The Hall–Kier alpha value is -1.05. The molecular formula is C12H19NO3. The highest BCUT2D eigenvalue weighted by atomic mass is 16.5. The number of nitrogens with zero attached hydrogens (tertiary/aromatic N) is 1. The molecule has 1 N–H and O–H groups in total. The van der Waals surface area contributed by atoms with Gasteiger partial charge in [-0.15, -0.1) is 6.42 Å². The van der Waals surface area contributed by atoms with Gasteiger partial charge in [-0.1, -0.05) is 5.92 Å². The highest BCUT2D eigenvalue weighted by Crippen LogP contribution is 2.23. The number of hydrogen-bond acceptors (Lipinski definition) is 3. The van der Waals surface area contributed by atoms with Gasteiger partial charge >= 0.3 is 5.97 Å². The summed E-state index contributed by atoms with van der Waals surface area (Å²) in [5, 5.41) is 8.83. The summed E-state index contributed by atoms with van der Waals surface area (Å²) in [7, 11) is 0. The molecule has 2 unspecified atom stereocenters. The lowest BCUT2D eigenvalue weighted by Crippen LogP contribution is -2.46. The van der Waals surface area contributed by atoms with Gasteiger partial charge in [-0.3, -0.25) is 9.69 Å². The van der Waals surface area contributed by atoms with E-state index < -0.39 is 5.97 Å². The lowest BCUT2D eigenvalue weighted by Gasteiger charge is -2.37. The van der Waals surface area contributed by atoms with Crippen molar-refractivity contribution in [3.8, 4) is 12.3 Å². The average molecular weight is 225 g/mol. The van der Waals surface area contributed by atoms with Gasteiger partial charge in [0.15, 0.2) is 0 Å². The van der Waals surface area contributed by atoms with E-state index in [9.17, 15) is 4.79 Å². The third kappa shape index (κ3) is 3.84. The molecular weight excluding hydrogens is 206 g/mol. The van der Waals surface area contributed by atoms with Crippen molar-refractivity contribution in [3.63, 3.8) is 0 Å². The molecule has 0 spiro atoms. The molecule has 4 heteroatoms. The summed E-state index contributed by atoms with van der Waals surface area (Å²) < 4.78 is 5.62. The van der Waals surface area contributed by atoms with Gasteiger partial charge in [0.2, 0.25) is 0 Å². The number of aliphatic carboxylic acids is 1. The Bertz CT molecular complexity index is 274. The Labute approximate surface area is 96.6 Å². The van der Waals surface area contributed by atoms with Crippen molar-refractivity contribution >= 4 is 5.97 Å². The Balaban J connectivity index is 2.62. The van der Waals surface area contributed by atoms with Crippen molar-refractivity contribution in [3.05, 3.63) is 0 Å². The number of carboxylic acids is 1. The summed E-state index contributed by atoms with van der Waals surface area (Å²) in [5.41, 5.74) is 0. The van der Waals surface area contributed by atoms with Gasteiger partial charge in [0.1, 0.15) is 0 Å². The van der Waals surface area contributed by atoms with Crippen molar-refractivity contribution in [2.45, 2.75) is 44.9 Å². The van der Waals surface area contributed by atoms with Gasteiger partial charge in [0.25, 0.3) is 0 Å². The Morgan fingerprint density at radius 2 is 2.06 bits per heavy atom. The lowest BCUT2D eigenvalue weighted by molar-refractivity contribution is -0.140. The van der Waals surface area contributed by atoms with E-state index in [2.05, 4.69) is 5.92 Å². The number of hydrogen-bond donors (Lipinski definition) is 1. The topological polar surface area (TPSA) is 49.8 Å². The molecule has 0 aromatic carbocycles. The maximum absolute atomic E-state index is 10.7.